The molecule has 4 rings (SSSR count). The molecule has 0 fully saturated rings. The van der Waals surface area contributed by atoms with Gasteiger partial charge in [0, 0.05) is 24.0 Å². The third-order valence-corrected chi connectivity index (χ3v) is 3.02. The van der Waals surface area contributed by atoms with Crippen LogP contribution in [0.2, 0.25) is 0 Å². The maximum absolute atomic E-state index is 4.18. The van der Waals surface area contributed by atoms with E-state index in [0.29, 0.717) is 0 Å². The molecule has 24 heavy (non-hydrogen) atoms. The summed E-state index contributed by atoms with van der Waals surface area (Å²) >= 11 is 0. The lowest BCUT2D eigenvalue weighted by Gasteiger charge is -1.91. The number of aromatic nitrogens is 3. The van der Waals surface area contributed by atoms with E-state index in [4.69, 9.17) is 0 Å². The highest BCUT2D eigenvalue weighted by Crippen LogP contribution is 2.08. The molecular formula is C21H27N3. The van der Waals surface area contributed by atoms with Crippen LogP contribution in [0.4, 0.5) is 0 Å². The van der Waals surface area contributed by atoms with E-state index in [2.05, 4.69) is 40.4 Å². The van der Waals surface area contributed by atoms with E-state index < -0.39 is 0 Å². The second-order valence-electron chi connectivity index (χ2n) is 4.42. The minimum Gasteiger partial charge on any atom is -0.256 e. The first-order valence-corrected chi connectivity index (χ1v) is 8.60. The number of fused-ring (bicyclic) bond motifs is 2. The zero-order valence-electron chi connectivity index (χ0n) is 15.1. The standard InChI is InChI=1S/C9H7N.C8H8N2.2C2H6/c1-2-6-9-8(4-1)5-3-7-10-9;1-2-4-8-5-6-9-10(8)7-3-1;2*1-2/h1-7H;2-7H,1H2;2*1-2H3. The molecule has 0 spiro atoms. The molecule has 2 aromatic heterocycles. The zero-order valence-corrected chi connectivity index (χ0v) is 15.1. The Morgan fingerprint density at radius 3 is 2.38 bits per heavy atom. The van der Waals surface area contributed by atoms with Gasteiger partial charge in [0.25, 0.3) is 0 Å². The number of benzene rings is 1. The van der Waals surface area contributed by atoms with Gasteiger partial charge in [-0.25, -0.2) is 4.68 Å². The average molecular weight is 321 g/mol. The monoisotopic (exact) mass is 321 g/mol. The molecule has 0 saturated heterocycles. The molecule has 0 atom stereocenters. The van der Waals surface area contributed by atoms with Crippen LogP contribution in [0.1, 0.15) is 39.8 Å². The van der Waals surface area contributed by atoms with E-state index >= 15 is 0 Å². The van der Waals surface area contributed by atoms with Gasteiger partial charge in [0.15, 0.2) is 0 Å². The Balaban J connectivity index is 0.000000199. The van der Waals surface area contributed by atoms with Gasteiger partial charge in [0.2, 0.25) is 0 Å². The average Bonchev–Trinajstić information content (AvgIpc) is 3.01. The summed E-state index contributed by atoms with van der Waals surface area (Å²) in [7, 11) is 0. The summed E-state index contributed by atoms with van der Waals surface area (Å²) < 4.78 is 1.86. The molecule has 0 radical (unpaired) electrons. The smallest absolute Gasteiger partial charge is 0.0701 e. The van der Waals surface area contributed by atoms with E-state index in [1.54, 1.807) is 6.20 Å². The molecular weight excluding hydrogens is 294 g/mol. The Morgan fingerprint density at radius 2 is 1.58 bits per heavy atom. The van der Waals surface area contributed by atoms with Crippen LogP contribution in [0.25, 0.3) is 23.2 Å². The van der Waals surface area contributed by atoms with E-state index in [0.717, 1.165) is 17.6 Å². The number of para-hydroxylation sites is 1. The van der Waals surface area contributed by atoms with Gasteiger partial charge < -0.3 is 0 Å². The van der Waals surface area contributed by atoms with E-state index in [1.807, 2.05) is 75.1 Å². The number of hydrogen-bond donors (Lipinski definition) is 0. The van der Waals surface area contributed by atoms with Crippen LogP contribution in [0.3, 0.4) is 0 Å². The van der Waals surface area contributed by atoms with Crippen LogP contribution in [0.15, 0.2) is 67.0 Å². The van der Waals surface area contributed by atoms with Crippen molar-refractivity contribution in [3.8, 4) is 0 Å². The lowest BCUT2D eigenvalue weighted by Crippen LogP contribution is -1.88. The molecule has 0 saturated carbocycles. The molecule has 3 nitrogen and oxygen atoms in total. The third kappa shape index (κ3) is 5.84. The molecule has 126 valence electrons. The first-order chi connectivity index (χ1) is 11.9. The Kier molecular flexibility index (Phi) is 9.55. The normalized spacial score (nSPS) is 10.8. The summed E-state index contributed by atoms with van der Waals surface area (Å²) in [5.74, 6) is 0. The molecule has 0 amide bonds. The van der Waals surface area contributed by atoms with Gasteiger partial charge in [-0.1, -0.05) is 64.1 Å². The Bertz CT molecular complexity index is 662. The molecule has 0 bridgehead atoms. The largest absolute Gasteiger partial charge is 0.256 e. The second-order valence-corrected chi connectivity index (χ2v) is 4.42. The molecule has 0 aliphatic carbocycles. The lowest BCUT2D eigenvalue weighted by molar-refractivity contribution is 0.925. The number of rotatable bonds is 0. The van der Waals surface area contributed by atoms with Crippen molar-refractivity contribution in [3.05, 3.63) is 72.7 Å². The highest BCUT2D eigenvalue weighted by atomic mass is 15.3. The number of allylic oxidation sites excluding steroid dienone is 2. The van der Waals surface area contributed by atoms with Gasteiger partial charge >= 0.3 is 0 Å². The summed E-state index contributed by atoms with van der Waals surface area (Å²) in [6.45, 7) is 8.00. The minimum absolute atomic E-state index is 1.00. The van der Waals surface area contributed by atoms with Gasteiger partial charge in [-0.05, 0) is 30.7 Å². The maximum Gasteiger partial charge on any atom is 0.0701 e. The van der Waals surface area contributed by atoms with E-state index in [1.165, 1.54) is 5.39 Å². The Labute approximate surface area is 145 Å². The predicted molar refractivity (Wildman–Crippen MR) is 106 cm³/mol. The number of pyridine rings is 1. The van der Waals surface area contributed by atoms with Crippen molar-refractivity contribution in [1.82, 2.24) is 14.8 Å². The fourth-order valence-electron chi connectivity index (χ4n) is 2.03. The van der Waals surface area contributed by atoms with Crippen LogP contribution in [0, 0.1) is 0 Å². The van der Waals surface area contributed by atoms with E-state index in [9.17, 15) is 0 Å². The lowest BCUT2D eigenvalue weighted by atomic mass is 10.2. The summed E-state index contributed by atoms with van der Waals surface area (Å²) in [4.78, 5) is 4.18. The molecule has 1 aromatic carbocycles. The first kappa shape index (κ1) is 19.4. The van der Waals surface area contributed by atoms with Crippen LogP contribution >= 0.6 is 0 Å². The zero-order chi connectivity index (χ0) is 17.6. The van der Waals surface area contributed by atoms with Crippen molar-refractivity contribution in [2.24, 2.45) is 0 Å². The predicted octanol–water partition coefficient (Wildman–Crippen LogP) is 6.06. The topological polar surface area (TPSA) is 30.7 Å². The van der Waals surface area contributed by atoms with Gasteiger partial charge in [0.1, 0.15) is 0 Å². The molecule has 3 heteroatoms. The highest BCUT2D eigenvalue weighted by Gasteiger charge is 1.95. The molecule has 0 unspecified atom stereocenters. The second kappa shape index (κ2) is 11.8. The van der Waals surface area contributed by atoms with Crippen LogP contribution < -0.4 is 0 Å². The summed E-state index contributed by atoms with van der Waals surface area (Å²) in [6.07, 6.45) is 12.9. The number of nitrogens with zero attached hydrogens (tertiary/aromatic N) is 3. The van der Waals surface area contributed by atoms with Crippen molar-refractivity contribution in [2.75, 3.05) is 0 Å². The Morgan fingerprint density at radius 1 is 0.833 bits per heavy atom. The van der Waals surface area contributed by atoms with Crippen LogP contribution in [-0.4, -0.2) is 14.8 Å². The number of hydrogen-bond acceptors (Lipinski definition) is 2. The highest BCUT2D eigenvalue weighted by molar-refractivity contribution is 5.77. The summed E-state index contributed by atoms with van der Waals surface area (Å²) in [6, 6.07) is 14.1. The molecule has 0 N–H and O–H groups in total. The molecule has 3 heterocycles. The van der Waals surface area contributed by atoms with Gasteiger partial charge in [-0.2, -0.15) is 5.10 Å². The van der Waals surface area contributed by atoms with Crippen molar-refractivity contribution >= 4 is 23.2 Å². The van der Waals surface area contributed by atoms with Gasteiger partial charge in [-0.15, -0.1) is 0 Å². The fraction of sp³-hybridized carbons (Fsp3) is 0.238. The Hall–Kier alpha value is -2.68. The maximum atomic E-state index is 4.18. The quantitative estimate of drug-likeness (QED) is 0.504. The van der Waals surface area contributed by atoms with Crippen molar-refractivity contribution in [3.63, 3.8) is 0 Å². The summed E-state index contributed by atoms with van der Waals surface area (Å²) in [5.41, 5.74) is 2.21. The fourth-order valence-corrected chi connectivity index (χ4v) is 2.03. The van der Waals surface area contributed by atoms with Gasteiger partial charge in [0.05, 0.1) is 11.2 Å². The van der Waals surface area contributed by atoms with E-state index in [-0.39, 0.29) is 0 Å². The van der Waals surface area contributed by atoms with Crippen molar-refractivity contribution in [2.45, 2.75) is 34.1 Å². The first-order valence-electron chi connectivity index (χ1n) is 8.60. The molecule has 1 aliphatic heterocycles. The third-order valence-electron chi connectivity index (χ3n) is 3.02. The van der Waals surface area contributed by atoms with Crippen LogP contribution in [-0.2, 0) is 0 Å². The van der Waals surface area contributed by atoms with Crippen molar-refractivity contribution in [1.29, 1.82) is 0 Å². The SMILES string of the molecule is C1=Cc2ccnn2C=CC1.CC.CC.c1ccc2ncccc2c1. The minimum atomic E-state index is 1.00. The van der Waals surface area contributed by atoms with Crippen LogP contribution in [0.5, 0.6) is 0 Å². The van der Waals surface area contributed by atoms with Gasteiger partial charge in [-0.3, -0.25) is 4.98 Å². The molecule has 1 aliphatic rings. The molecule has 3 aromatic rings. The summed E-state index contributed by atoms with van der Waals surface area (Å²) in [5, 5.41) is 5.29. The van der Waals surface area contributed by atoms with Crippen molar-refractivity contribution < 1.29 is 0 Å².